The van der Waals surface area contributed by atoms with Gasteiger partial charge in [-0.3, -0.25) is 19.2 Å². The third kappa shape index (κ3) is 7.17. The van der Waals surface area contributed by atoms with Crippen LogP contribution in [0, 0.1) is 5.92 Å². The minimum Gasteiger partial charge on any atom is -0.480 e. The van der Waals surface area contributed by atoms with Gasteiger partial charge < -0.3 is 37.2 Å². The first-order valence-electron chi connectivity index (χ1n) is 10.3. The number of aliphatic carboxylic acids is 1. The Bertz CT molecular complexity index is 699. The summed E-state index contributed by atoms with van der Waals surface area (Å²) in [6.45, 7) is 5.00. The van der Waals surface area contributed by atoms with E-state index < -0.39 is 66.3 Å². The van der Waals surface area contributed by atoms with Crippen LogP contribution in [0.3, 0.4) is 0 Å². The van der Waals surface area contributed by atoms with Crippen LogP contribution in [0.5, 0.6) is 0 Å². The molecule has 1 heterocycles. The number of carbonyl (C=O) groups excluding carboxylic acids is 4. The first kappa shape index (κ1) is 26.3. The van der Waals surface area contributed by atoms with E-state index in [0.29, 0.717) is 12.8 Å². The largest absolute Gasteiger partial charge is 0.480 e. The van der Waals surface area contributed by atoms with E-state index in [1.54, 1.807) is 13.8 Å². The second kappa shape index (κ2) is 11.6. The molecule has 0 bridgehead atoms. The number of hydrogen-bond donors (Lipinski definition) is 6. The van der Waals surface area contributed by atoms with Crippen molar-refractivity contribution in [2.45, 2.75) is 76.7 Å². The highest BCUT2D eigenvalue weighted by Crippen LogP contribution is 2.19. The molecule has 1 saturated heterocycles. The fraction of sp³-hybridized carbons (Fsp3) is 0.737. The van der Waals surface area contributed by atoms with Crippen molar-refractivity contribution in [3.05, 3.63) is 0 Å². The Balaban J connectivity index is 3.05. The van der Waals surface area contributed by atoms with Gasteiger partial charge in [0.05, 0.1) is 12.5 Å². The Morgan fingerprint density at radius 3 is 2.23 bits per heavy atom. The average Bonchev–Trinajstić information content (AvgIpc) is 3.19. The minimum atomic E-state index is -1.38. The summed E-state index contributed by atoms with van der Waals surface area (Å²) in [7, 11) is 0. The third-order valence-electron chi connectivity index (χ3n) is 5.46. The lowest BCUT2D eigenvalue weighted by atomic mass is 9.97. The van der Waals surface area contributed by atoms with E-state index in [0.717, 1.165) is 4.90 Å². The molecule has 0 saturated carbocycles. The highest BCUT2D eigenvalue weighted by atomic mass is 16.4. The fourth-order valence-electron chi connectivity index (χ4n) is 3.32. The maximum atomic E-state index is 12.9. The van der Waals surface area contributed by atoms with Crippen molar-refractivity contribution in [3.8, 4) is 0 Å². The summed E-state index contributed by atoms with van der Waals surface area (Å²) in [5.41, 5.74) is 10.8. The molecule has 0 radical (unpaired) electrons. The van der Waals surface area contributed by atoms with Gasteiger partial charge in [0, 0.05) is 6.54 Å². The lowest BCUT2D eigenvalue weighted by Crippen LogP contribution is -2.60. The minimum absolute atomic E-state index is 0.176. The van der Waals surface area contributed by atoms with Gasteiger partial charge in [-0.05, 0) is 25.7 Å². The molecular formula is C19H33N5O7. The van der Waals surface area contributed by atoms with Crippen LogP contribution in [-0.4, -0.2) is 81.5 Å². The Morgan fingerprint density at radius 2 is 1.74 bits per heavy atom. The monoisotopic (exact) mass is 443 g/mol. The molecule has 6 unspecified atom stereocenters. The van der Waals surface area contributed by atoms with Crippen molar-refractivity contribution < 1.29 is 34.2 Å². The SMILES string of the molecule is CCC(C)C(NC(=O)C(N)C(C)O)C(=O)NC(CC(N)=O)C(=O)N1CCCC1C(=O)O. The molecule has 0 spiro atoms. The summed E-state index contributed by atoms with van der Waals surface area (Å²) in [6, 6.07) is -4.78. The molecule has 12 heteroatoms. The second-order valence-electron chi connectivity index (χ2n) is 7.90. The number of nitrogens with two attached hydrogens (primary N) is 2. The van der Waals surface area contributed by atoms with Gasteiger partial charge in [-0.2, -0.15) is 0 Å². The Kier molecular flexibility index (Phi) is 9.85. The number of nitrogens with one attached hydrogen (secondary N) is 2. The summed E-state index contributed by atoms with van der Waals surface area (Å²) >= 11 is 0. The molecule has 0 aliphatic carbocycles. The smallest absolute Gasteiger partial charge is 0.326 e. The number of aliphatic hydroxyl groups excluding tert-OH is 1. The van der Waals surface area contributed by atoms with Crippen molar-refractivity contribution in [2.75, 3.05) is 6.54 Å². The topological polar surface area (TPSA) is 205 Å². The standard InChI is InChI=1S/C19H33N5O7/c1-4-9(2)15(23-16(27)14(21)10(3)25)17(28)22-11(8-13(20)26)18(29)24-7-5-6-12(24)19(30)31/h9-12,14-15,25H,4-8,21H2,1-3H3,(H2,20,26)(H,22,28)(H,23,27)(H,30,31). The Morgan fingerprint density at radius 1 is 1.13 bits per heavy atom. The summed E-state index contributed by atoms with van der Waals surface area (Å²) in [4.78, 5) is 62.1. The fourth-order valence-corrected chi connectivity index (χ4v) is 3.32. The van der Waals surface area contributed by atoms with Crippen LogP contribution in [0.25, 0.3) is 0 Å². The number of aliphatic hydroxyl groups is 1. The van der Waals surface area contributed by atoms with E-state index >= 15 is 0 Å². The van der Waals surface area contributed by atoms with Crippen LogP contribution in [-0.2, 0) is 24.0 Å². The maximum absolute atomic E-state index is 12.9. The molecule has 12 nitrogen and oxygen atoms in total. The number of hydrogen-bond acceptors (Lipinski definition) is 7. The van der Waals surface area contributed by atoms with Gasteiger partial charge in [-0.25, -0.2) is 4.79 Å². The van der Waals surface area contributed by atoms with E-state index in [4.69, 9.17) is 11.5 Å². The zero-order chi connectivity index (χ0) is 23.9. The summed E-state index contributed by atoms with van der Waals surface area (Å²) < 4.78 is 0. The first-order chi connectivity index (χ1) is 14.4. The van der Waals surface area contributed by atoms with Crippen molar-refractivity contribution in [3.63, 3.8) is 0 Å². The molecule has 6 atom stereocenters. The molecule has 1 aliphatic heterocycles. The normalized spacial score (nSPS) is 20.8. The Hall–Kier alpha value is -2.73. The van der Waals surface area contributed by atoms with E-state index in [1.165, 1.54) is 6.92 Å². The predicted molar refractivity (Wildman–Crippen MR) is 109 cm³/mol. The zero-order valence-electron chi connectivity index (χ0n) is 18.0. The molecule has 8 N–H and O–H groups in total. The number of rotatable bonds is 11. The first-order valence-corrected chi connectivity index (χ1v) is 10.3. The molecule has 1 rings (SSSR count). The van der Waals surface area contributed by atoms with Crippen molar-refractivity contribution in [1.82, 2.24) is 15.5 Å². The summed E-state index contributed by atoms with van der Waals surface area (Å²) in [5, 5.41) is 23.7. The van der Waals surface area contributed by atoms with Crippen LogP contribution in [0.15, 0.2) is 0 Å². The number of likely N-dealkylation sites (tertiary alicyclic amines) is 1. The molecule has 0 aromatic heterocycles. The van der Waals surface area contributed by atoms with Gasteiger partial charge in [0.15, 0.2) is 0 Å². The van der Waals surface area contributed by atoms with Crippen molar-refractivity contribution >= 4 is 29.6 Å². The quantitative estimate of drug-likeness (QED) is 0.203. The number of primary amides is 1. The summed E-state index contributed by atoms with van der Waals surface area (Å²) in [5.74, 6) is -4.62. The van der Waals surface area contributed by atoms with Crippen LogP contribution in [0.2, 0.25) is 0 Å². The van der Waals surface area contributed by atoms with Gasteiger partial charge in [0.1, 0.15) is 24.2 Å². The van der Waals surface area contributed by atoms with Gasteiger partial charge in [0.25, 0.3) is 0 Å². The Labute approximate surface area is 180 Å². The van der Waals surface area contributed by atoms with E-state index in [1.807, 2.05) is 0 Å². The van der Waals surface area contributed by atoms with Crippen LogP contribution in [0.1, 0.15) is 46.5 Å². The zero-order valence-corrected chi connectivity index (χ0v) is 18.0. The van der Waals surface area contributed by atoms with Gasteiger partial charge in [0.2, 0.25) is 23.6 Å². The maximum Gasteiger partial charge on any atom is 0.326 e. The highest BCUT2D eigenvalue weighted by Gasteiger charge is 2.39. The molecular weight excluding hydrogens is 410 g/mol. The molecule has 31 heavy (non-hydrogen) atoms. The number of amides is 4. The summed E-state index contributed by atoms with van der Waals surface area (Å²) in [6.07, 6.45) is -0.442. The number of nitrogens with zero attached hydrogens (tertiary/aromatic N) is 1. The van der Waals surface area contributed by atoms with E-state index in [-0.39, 0.29) is 18.9 Å². The van der Waals surface area contributed by atoms with Crippen molar-refractivity contribution in [1.29, 1.82) is 0 Å². The van der Waals surface area contributed by atoms with Gasteiger partial charge in [-0.1, -0.05) is 20.3 Å². The highest BCUT2D eigenvalue weighted by molar-refractivity contribution is 5.96. The number of carboxylic acids is 1. The predicted octanol–water partition coefficient (Wildman–Crippen LogP) is -2.34. The second-order valence-corrected chi connectivity index (χ2v) is 7.90. The van der Waals surface area contributed by atoms with Crippen LogP contribution < -0.4 is 22.1 Å². The average molecular weight is 444 g/mol. The molecule has 0 aromatic rings. The van der Waals surface area contributed by atoms with Crippen LogP contribution >= 0.6 is 0 Å². The third-order valence-corrected chi connectivity index (χ3v) is 5.46. The molecule has 176 valence electrons. The molecule has 1 fully saturated rings. The van der Waals surface area contributed by atoms with E-state index in [2.05, 4.69) is 10.6 Å². The van der Waals surface area contributed by atoms with Crippen molar-refractivity contribution in [2.24, 2.45) is 17.4 Å². The molecule has 0 aromatic carbocycles. The van der Waals surface area contributed by atoms with Crippen LogP contribution in [0.4, 0.5) is 0 Å². The molecule has 1 aliphatic rings. The number of carbonyl (C=O) groups is 5. The number of carboxylic acid groups (broad SMARTS) is 1. The molecule has 4 amide bonds. The lowest BCUT2D eigenvalue weighted by Gasteiger charge is -2.30. The lowest BCUT2D eigenvalue weighted by molar-refractivity contribution is -0.149. The van der Waals surface area contributed by atoms with E-state index in [9.17, 15) is 34.2 Å². The van der Waals surface area contributed by atoms with Gasteiger partial charge >= 0.3 is 5.97 Å². The van der Waals surface area contributed by atoms with Gasteiger partial charge in [-0.15, -0.1) is 0 Å².